The average molecular weight is 513 g/mol. The van der Waals surface area contributed by atoms with Gasteiger partial charge in [-0.15, -0.1) is 0 Å². The van der Waals surface area contributed by atoms with E-state index in [-0.39, 0.29) is 36.1 Å². The highest BCUT2D eigenvalue weighted by atomic mass is 79.9. The van der Waals surface area contributed by atoms with Crippen molar-refractivity contribution in [2.75, 3.05) is 13.7 Å². The van der Waals surface area contributed by atoms with E-state index in [0.29, 0.717) is 22.2 Å². The number of hydrogen-bond acceptors (Lipinski definition) is 7. The van der Waals surface area contributed by atoms with Gasteiger partial charge in [0.25, 0.3) is 5.92 Å². The van der Waals surface area contributed by atoms with Crippen LogP contribution in [-0.2, 0) is 11.5 Å². The van der Waals surface area contributed by atoms with Gasteiger partial charge in [0.1, 0.15) is 29.7 Å². The molecule has 3 aromatic heterocycles. The Labute approximate surface area is 187 Å². The first-order chi connectivity index (χ1) is 14.6. The van der Waals surface area contributed by atoms with Crippen LogP contribution < -0.4 is 4.74 Å². The molecule has 0 spiro atoms. The minimum Gasteiger partial charge on any atom is -0.480 e. The smallest absolute Gasteiger partial charge is 0.257 e. The van der Waals surface area contributed by atoms with Gasteiger partial charge in [0.05, 0.1) is 24.9 Å². The Hall–Kier alpha value is -2.05. The predicted molar refractivity (Wildman–Crippen MR) is 117 cm³/mol. The highest BCUT2D eigenvalue weighted by molar-refractivity contribution is 9.10. The van der Waals surface area contributed by atoms with E-state index in [2.05, 4.69) is 60.6 Å². The Balaban J connectivity index is 1.66. The van der Waals surface area contributed by atoms with E-state index in [0.717, 1.165) is 6.04 Å². The highest BCUT2D eigenvalue weighted by Crippen LogP contribution is 2.57. The van der Waals surface area contributed by atoms with Crippen molar-refractivity contribution in [2.24, 2.45) is 0 Å². The van der Waals surface area contributed by atoms with Crippen LogP contribution in [0, 0.1) is 0 Å². The Morgan fingerprint density at radius 2 is 2.00 bits per heavy atom. The largest absolute Gasteiger partial charge is 0.480 e. The molecule has 0 aromatic carbocycles. The maximum atomic E-state index is 13.8. The van der Waals surface area contributed by atoms with E-state index in [1.807, 2.05) is 0 Å². The summed E-state index contributed by atoms with van der Waals surface area (Å²) >= 11 is 3.43. The van der Waals surface area contributed by atoms with Gasteiger partial charge in [0.2, 0.25) is 5.88 Å². The molecule has 3 aromatic rings. The van der Waals surface area contributed by atoms with Crippen molar-refractivity contribution in [1.82, 2.24) is 29.7 Å². The second-order valence-electron chi connectivity index (χ2n) is 8.73. The molecule has 0 radical (unpaired) electrons. The van der Waals surface area contributed by atoms with E-state index in [1.165, 1.54) is 13.4 Å². The standard InChI is InChI=1S/C19H23BrF2N6O2Si/c1-29-18-13(14(24-9-25-18)11-7-19(11,21)22)17-23-8-12-15(26-17)16(20)27-28(12)10-30-5-6-31(2,3)4/h8-9,11H,5-7,10H2,1-4H3. The van der Waals surface area contributed by atoms with Crippen LogP contribution in [0.2, 0.25) is 25.7 Å². The lowest BCUT2D eigenvalue weighted by Crippen LogP contribution is -2.22. The van der Waals surface area contributed by atoms with Crippen LogP contribution in [0.15, 0.2) is 17.1 Å². The summed E-state index contributed by atoms with van der Waals surface area (Å²) in [6.07, 6.45) is 2.55. The summed E-state index contributed by atoms with van der Waals surface area (Å²) in [6.45, 7) is 7.80. The number of aromatic nitrogens is 6. The number of hydrogen-bond donors (Lipinski definition) is 0. The van der Waals surface area contributed by atoms with Gasteiger partial charge in [-0.25, -0.2) is 33.4 Å². The van der Waals surface area contributed by atoms with Gasteiger partial charge in [-0.3, -0.25) is 0 Å². The van der Waals surface area contributed by atoms with Crippen molar-refractivity contribution in [1.29, 1.82) is 0 Å². The predicted octanol–water partition coefficient (Wildman–Crippen LogP) is 4.49. The molecule has 1 aliphatic carbocycles. The highest BCUT2D eigenvalue weighted by Gasteiger charge is 2.59. The molecule has 1 saturated carbocycles. The minimum atomic E-state index is -2.79. The molecule has 0 bridgehead atoms. The molecule has 1 aliphatic rings. The van der Waals surface area contributed by atoms with Crippen molar-refractivity contribution in [2.45, 2.75) is 50.7 Å². The molecule has 31 heavy (non-hydrogen) atoms. The van der Waals surface area contributed by atoms with E-state index in [9.17, 15) is 8.78 Å². The Morgan fingerprint density at radius 1 is 1.26 bits per heavy atom. The maximum absolute atomic E-state index is 13.8. The van der Waals surface area contributed by atoms with Crippen LogP contribution in [0.25, 0.3) is 22.4 Å². The number of alkyl halides is 2. The van der Waals surface area contributed by atoms with E-state index >= 15 is 0 Å². The minimum absolute atomic E-state index is 0.158. The summed E-state index contributed by atoms with van der Waals surface area (Å²) in [5.74, 6) is -3.42. The molecule has 12 heteroatoms. The molecular formula is C19H23BrF2N6O2Si. The summed E-state index contributed by atoms with van der Waals surface area (Å²) in [7, 11) is 0.238. The summed E-state index contributed by atoms with van der Waals surface area (Å²) in [4.78, 5) is 17.1. The number of ether oxygens (including phenoxy) is 2. The molecule has 1 fully saturated rings. The van der Waals surface area contributed by atoms with Gasteiger partial charge in [-0.2, -0.15) is 5.10 Å². The topological polar surface area (TPSA) is 87.8 Å². The molecule has 1 unspecified atom stereocenters. The molecular weight excluding hydrogens is 490 g/mol. The normalized spacial score (nSPS) is 17.8. The lowest BCUT2D eigenvalue weighted by atomic mass is 10.1. The first kappa shape index (κ1) is 22.2. The van der Waals surface area contributed by atoms with Gasteiger partial charge in [-0.05, 0) is 22.0 Å². The van der Waals surface area contributed by atoms with Crippen molar-refractivity contribution < 1.29 is 18.3 Å². The molecule has 0 saturated heterocycles. The number of nitrogens with zero attached hydrogens (tertiary/aromatic N) is 6. The second kappa shape index (κ2) is 8.13. The van der Waals surface area contributed by atoms with Crippen LogP contribution >= 0.6 is 15.9 Å². The summed E-state index contributed by atoms with van der Waals surface area (Å²) in [6, 6.07) is 1.05. The molecule has 3 heterocycles. The third kappa shape index (κ3) is 4.60. The van der Waals surface area contributed by atoms with E-state index in [1.54, 1.807) is 10.9 Å². The van der Waals surface area contributed by atoms with Crippen LogP contribution in [0.5, 0.6) is 5.88 Å². The molecule has 1 atom stereocenters. The van der Waals surface area contributed by atoms with Gasteiger partial charge in [-0.1, -0.05) is 19.6 Å². The third-order valence-electron chi connectivity index (χ3n) is 5.08. The number of methoxy groups -OCH3 is 1. The summed E-state index contributed by atoms with van der Waals surface area (Å²) in [5, 5.41) is 4.43. The molecule has 4 rings (SSSR count). The van der Waals surface area contributed by atoms with Gasteiger partial charge in [0.15, 0.2) is 10.4 Å². The molecule has 166 valence electrons. The zero-order valence-corrected chi connectivity index (χ0v) is 20.3. The van der Waals surface area contributed by atoms with Crippen LogP contribution in [0.1, 0.15) is 18.0 Å². The van der Waals surface area contributed by atoms with Crippen molar-refractivity contribution >= 4 is 35.0 Å². The summed E-state index contributed by atoms with van der Waals surface area (Å²) < 4.78 is 40.8. The first-order valence-electron chi connectivity index (χ1n) is 9.84. The van der Waals surface area contributed by atoms with Crippen LogP contribution in [-0.4, -0.2) is 57.4 Å². The van der Waals surface area contributed by atoms with Gasteiger partial charge >= 0.3 is 0 Å². The third-order valence-corrected chi connectivity index (χ3v) is 7.31. The monoisotopic (exact) mass is 512 g/mol. The quantitative estimate of drug-likeness (QED) is 0.324. The molecule has 0 N–H and O–H groups in total. The van der Waals surface area contributed by atoms with E-state index in [4.69, 9.17) is 9.47 Å². The zero-order valence-electron chi connectivity index (χ0n) is 17.7. The molecule has 0 amide bonds. The molecule has 0 aliphatic heterocycles. The fourth-order valence-corrected chi connectivity index (χ4v) is 4.43. The van der Waals surface area contributed by atoms with Gasteiger partial charge < -0.3 is 9.47 Å². The maximum Gasteiger partial charge on any atom is 0.257 e. The first-order valence-corrected chi connectivity index (χ1v) is 14.3. The number of rotatable bonds is 8. The Morgan fingerprint density at radius 3 is 2.65 bits per heavy atom. The van der Waals surface area contributed by atoms with Crippen molar-refractivity contribution in [3.8, 4) is 17.3 Å². The zero-order chi connectivity index (χ0) is 22.4. The molecule has 8 nitrogen and oxygen atoms in total. The van der Waals surface area contributed by atoms with Crippen molar-refractivity contribution in [3.05, 3.63) is 22.8 Å². The van der Waals surface area contributed by atoms with Crippen LogP contribution in [0.3, 0.4) is 0 Å². The fourth-order valence-electron chi connectivity index (χ4n) is 3.19. The lowest BCUT2D eigenvalue weighted by molar-refractivity contribution is 0.0814. The van der Waals surface area contributed by atoms with E-state index < -0.39 is 19.9 Å². The number of fused-ring (bicyclic) bond motifs is 1. The lowest BCUT2D eigenvalue weighted by Gasteiger charge is -2.15. The Kier molecular flexibility index (Phi) is 5.81. The number of halogens is 3. The van der Waals surface area contributed by atoms with Gasteiger partial charge in [0, 0.05) is 21.1 Å². The second-order valence-corrected chi connectivity index (χ2v) is 15.1. The summed E-state index contributed by atoms with van der Waals surface area (Å²) in [5.41, 5.74) is 1.67. The van der Waals surface area contributed by atoms with Crippen molar-refractivity contribution in [3.63, 3.8) is 0 Å². The fraction of sp³-hybridized carbons (Fsp3) is 0.526. The Bertz CT molecular complexity index is 1120. The average Bonchev–Trinajstić information content (AvgIpc) is 3.24. The SMILES string of the molecule is COc1ncnc(C2CC2(F)F)c1-c1ncc2c(n1)c(Br)nn2COCC[Si](C)(C)C. The van der Waals surface area contributed by atoms with Crippen LogP contribution in [0.4, 0.5) is 8.78 Å².